The first-order valence-electron chi connectivity index (χ1n) is 9.97. The molecular formula is C21H43NO5Si. The van der Waals surface area contributed by atoms with Gasteiger partial charge in [0, 0.05) is 14.0 Å². The Bertz CT molecular complexity index is 540. The lowest BCUT2D eigenvalue weighted by molar-refractivity contribution is -0.174. The standard InChI is InChI=1S/C21H43NO5Si/c1-15(23)25-17(27-28(12,13)21(8,9)10)16(14-19(2,3)4)22(11)18(24)26-20(5,6)7/h16-17H,14H2,1-13H3. The van der Waals surface area contributed by atoms with Gasteiger partial charge in [-0.15, -0.1) is 0 Å². The Labute approximate surface area is 173 Å². The van der Waals surface area contributed by atoms with Crippen LogP contribution in [-0.2, 0) is 18.7 Å². The zero-order valence-corrected chi connectivity index (χ0v) is 21.4. The predicted octanol–water partition coefficient (Wildman–Crippen LogP) is 5.57. The summed E-state index contributed by atoms with van der Waals surface area (Å²) in [7, 11) is -0.580. The Balaban J connectivity index is 5.98. The first-order chi connectivity index (χ1) is 12.2. The summed E-state index contributed by atoms with van der Waals surface area (Å²) in [6.45, 7) is 23.7. The molecule has 0 aromatic carbocycles. The summed E-state index contributed by atoms with van der Waals surface area (Å²) >= 11 is 0. The van der Waals surface area contributed by atoms with Gasteiger partial charge in [-0.1, -0.05) is 41.5 Å². The first-order valence-corrected chi connectivity index (χ1v) is 12.9. The van der Waals surface area contributed by atoms with E-state index in [2.05, 4.69) is 54.6 Å². The molecule has 0 heterocycles. The average Bonchev–Trinajstić information content (AvgIpc) is 2.38. The molecule has 0 aromatic rings. The maximum Gasteiger partial charge on any atom is 0.410 e. The van der Waals surface area contributed by atoms with Crippen LogP contribution in [-0.4, -0.2) is 50.3 Å². The van der Waals surface area contributed by atoms with Gasteiger partial charge in [-0.05, 0) is 50.7 Å². The van der Waals surface area contributed by atoms with Crippen molar-refractivity contribution in [3.8, 4) is 0 Å². The summed E-state index contributed by atoms with van der Waals surface area (Å²) in [6.07, 6.45) is -0.720. The van der Waals surface area contributed by atoms with E-state index in [-0.39, 0.29) is 10.5 Å². The highest BCUT2D eigenvalue weighted by molar-refractivity contribution is 6.74. The Kier molecular flexibility index (Phi) is 8.80. The van der Waals surface area contributed by atoms with E-state index in [1.807, 2.05) is 20.8 Å². The molecule has 0 radical (unpaired) electrons. The van der Waals surface area contributed by atoms with Gasteiger partial charge in [0.15, 0.2) is 8.32 Å². The van der Waals surface area contributed by atoms with Crippen molar-refractivity contribution in [2.45, 2.75) is 112 Å². The molecule has 0 spiro atoms. The fourth-order valence-electron chi connectivity index (χ4n) is 2.32. The number of hydrogen-bond acceptors (Lipinski definition) is 5. The van der Waals surface area contributed by atoms with E-state index >= 15 is 0 Å². The quantitative estimate of drug-likeness (QED) is 0.321. The van der Waals surface area contributed by atoms with Crippen molar-refractivity contribution < 1.29 is 23.5 Å². The van der Waals surface area contributed by atoms with Crippen LogP contribution in [0.1, 0.15) is 75.7 Å². The normalized spacial score (nSPS) is 15.6. The number of nitrogens with zero attached hydrogens (tertiary/aromatic N) is 1. The minimum Gasteiger partial charge on any atom is -0.444 e. The molecule has 7 heteroatoms. The lowest BCUT2D eigenvalue weighted by Gasteiger charge is -2.43. The van der Waals surface area contributed by atoms with Gasteiger partial charge in [0.2, 0.25) is 6.29 Å². The summed E-state index contributed by atoms with van der Waals surface area (Å²) in [5.41, 5.74) is -0.731. The molecule has 28 heavy (non-hydrogen) atoms. The molecule has 2 unspecified atom stereocenters. The van der Waals surface area contributed by atoms with Crippen LogP contribution in [0.5, 0.6) is 0 Å². The number of hydrogen-bond donors (Lipinski definition) is 0. The van der Waals surface area contributed by atoms with E-state index in [0.717, 1.165) is 0 Å². The maximum absolute atomic E-state index is 12.8. The van der Waals surface area contributed by atoms with Gasteiger partial charge >= 0.3 is 12.1 Å². The molecule has 0 bridgehead atoms. The Morgan fingerprint density at radius 2 is 1.43 bits per heavy atom. The van der Waals surface area contributed by atoms with Crippen molar-refractivity contribution >= 4 is 20.4 Å². The lowest BCUT2D eigenvalue weighted by Crippen LogP contribution is -2.55. The Morgan fingerprint density at radius 3 is 1.75 bits per heavy atom. The molecule has 0 aliphatic rings. The number of amides is 1. The van der Waals surface area contributed by atoms with Crippen LogP contribution >= 0.6 is 0 Å². The van der Waals surface area contributed by atoms with Gasteiger partial charge in [0.1, 0.15) is 5.60 Å². The number of ether oxygens (including phenoxy) is 2. The second-order valence-corrected chi connectivity index (χ2v) is 16.0. The molecule has 0 aliphatic heterocycles. The Hall–Kier alpha value is -1.08. The maximum atomic E-state index is 12.8. The molecule has 0 aromatic heterocycles. The zero-order valence-electron chi connectivity index (χ0n) is 20.4. The summed E-state index contributed by atoms with van der Waals surface area (Å²) in [4.78, 5) is 26.1. The van der Waals surface area contributed by atoms with E-state index < -0.39 is 38.3 Å². The number of carbonyl (C=O) groups is 2. The van der Waals surface area contributed by atoms with Gasteiger partial charge < -0.3 is 18.8 Å². The van der Waals surface area contributed by atoms with Crippen molar-refractivity contribution in [3.05, 3.63) is 0 Å². The SMILES string of the molecule is CC(=O)OC(O[Si](C)(C)C(C)(C)C)C(CC(C)(C)C)N(C)C(=O)OC(C)(C)C. The highest BCUT2D eigenvalue weighted by atomic mass is 28.4. The molecule has 0 rings (SSSR count). The minimum atomic E-state index is -2.26. The van der Waals surface area contributed by atoms with Crippen LogP contribution in [0.25, 0.3) is 0 Å². The third-order valence-electron chi connectivity index (χ3n) is 4.81. The van der Waals surface area contributed by atoms with E-state index in [9.17, 15) is 9.59 Å². The molecular weight excluding hydrogens is 374 g/mol. The number of likely N-dealkylation sites (N-methyl/N-ethyl adjacent to an activating group) is 1. The van der Waals surface area contributed by atoms with E-state index in [0.29, 0.717) is 6.42 Å². The van der Waals surface area contributed by atoms with Crippen LogP contribution in [0.15, 0.2) is 0 Å². The van der Waals surface area contributed by atoms with Crippen LogP contribution in [0.4, 0.5) is 4.79 Å². The largest absolute Gasteiger partial charge is 0.444 e. The van der Waals surface area contributed by atoms with Crippen LogP contribution in [0.3, 0.4) is 0 Å². The van der Waals surface area contributed by atoms with Gasteiger partial charge in [0.05, 0.1) is 6.04 Å². The summed E-state index contributed by atoms with van der Waals surface area (Å²) in [6, 6.07) is -0.465. The van der Waals surface area contributed by atoms with Crippen molar-refractivity contribution in [2.24, 2.45) is 5.41 Å². The monoisotopic (exact) mass is 417 g/mol. The van der Waals surface area contributed by atoms with Crippen molar-refractivity contribution in [2.75, 3.05) is 7.05 Å². The fraction of sp³-hybridized carbons (Fsp3) is 0.905. The molecule has 0 saturated heterocycles. The smallest absolute Gasteiger partial charge is 0.410 e. The van der Waals surface area contributed by atoms with Crippen LogP contribution < -0.4 is 0 Å². The summed E-state index contributed by atoms with van der Waals surface area (Å²) in [5.74, 6) is -0.430. The number of esters is 1. The van der Waals surface area contributed by atoms with Crippen LogP contribution in [0.2, 0.25) is 18.1 Å². The van der Waals surface area contributed by atoms with E-state index in [4.69, 9.17) is 13.9 Å². The highest BCUT2D eigenvalue weighted by Gasteiger charge is 2.44. The van der Waals surface area contributed by atoms with E-state index in [1.165, 1.54) is 11.8 Å². The topological polar surface area (TPSA) is 65.1 Å². The molecule has 2 atom stereocenters. The molecule has 1 amide bonds. The lowest BCUT2D eigenvalue weighted by atomic mass is 9.87. The number of rotatable bonds is 6. The molecule has 0 aliphatic carbocycles. The fourth-order valence-corrected chi connectivity index (χ4v) is 3.46. The van der Waals surface area contributed by atoms with Crippen molar-refractivity contribution in [1.29, 1.82) is 0 Å². The van der Waals surface area contributed by atoms with Crippen molar-refractivity contribution in [1.82, 2.24) is 4.90 Å². The highest BCUT2D eigenvalue weighted by Crippen LogP contribution is 2.39. The van der Waals surface area contributed by atoms with Gasteiger partial charge in [0.25, 0.3) is 0 Å². The third-order valence-corrected chi connectivity index (χ3v) is 9.25. The van der Waals surface area contributed by atoms with Crippen LogP contribution in [0, 0.1) is 5.41 Å². The molecule has 0 fully saturated rings. The van der Waals surface area contributed by atoms with Crippen molar-refractivity contribution in [3.63, 3.8) is 0 Å². The molecule has 6 nitrogen and oxygen atoms in total. The predicted molar refractivity (Wildman–Crippen MR) is 116 cm³/mol. The zero-order chi connectivity index (χ0) is 22.7. The molecule has 0 saturated carbocycles. The first kappa shape index (κ1) is 26.9. The van der Waals surface area contributed by atoms with Gasteiger partial charge in [-0.2, -0.15) is 0 Å². The second kappa shape index (κ2) is 9.16. The Morgan fingerprint density at radius 1 is 0.964 bits per heavy atom. The van der Waals surface area contributed by atoms with Gasteiger partial charge in [-0.3, -0.25) is 4.79 Å². The molecule has 166 valence electrons. The summed E-state index contributed by atoms with van der Waals surface area (Å²) < 4.78 is 17.6. The average molecular weight is 418 g/mol. The molecule has 0 N–H and O–H groups in total. The second-order valence-electron chi connectivity index (χ2n) is 11.3. The van der Waals surface area contributed by atoms with E-state index in [1.54, 1.807) is 7.05 Å². The third kappa shape index (κ3) is 9.41. The minimum absolute atomic E-state index is 0.0673. The number of carbonyl (C=O) groups excluding carboxylic acids is 2. The van der Waals surface area contributed by atoms with Gasteiger partial charge in [-0.25, -0.2) is 4.79 Å². The summed E-state index contributed by atoms with van der Waals surface area (Å²) in [5, 5.41) is -0.0673.